The number of hydrogen-bond acceptors (Lipinski definition) is 6. The first kappa shape index (κ1) is 21.8. The maximum atomic E-state index is 13.3. The Hall–Kier alpha value is -2.48. The number of hydrogen-bond donors (Lipinski definition) is 3. The summed E-state index contributed by atoms with van der Waals surface area (Å²) in [6, 6.07) is 11.3. The Kier molecular flexibility index (Phi) is 4.67. The van der Waals surface area contributed by atoms with E-state index < -0.39 is 5.60 Å². The van der Waals surface area contributed by atoms with Crippen LogP contribution in [-0.2, 0) is 10.2 Å². The number of pyridine rings is 1. The maximum Gasteiger partial charge on any atom is 0.255 e. The third kappa shape index (κ3) is 3.51. The molecule has 2 bridgehead atoms. The van der Waals surface area contributed by atoms with E-state index in [2.05, 4.69) is 39.5 Å². The highest BCUT2D eigenvalue weighted by Gasteiger charge is 2.61. The normalized spacial score (nSPS) is 36.0. The molecule has 2 aromatic rings. The molecule has 0 spiro atoms. The summed E-state index contributed by atoms with van der Waals surface area (Å²) in [7, 11) is 0. The summed E-state index contributed by atoms with van der Waals surface area (Å²) in [5.74, 6) is 0.858. The molecule has 2 atom stereocenters. The number of fused-ring (bicyclic) bond motifs is 4. The molecule has 4 aliphatic carbocycles. The zero-order chi connectivity index (χ0) is 23.8. The van der Waals surface area contributed by atoms with Crippen LogP contribution in [0, 0.1) is 5.92 Å². The first-order valence-electron chi connectivity index (χ1n) is 13.1. The molecule has 1 amide bonds. The summed E-state index contributed by atoms with van der Waals surface area (Å²) in [5, 5.41) is 13.8. The lowest BCUT2D eigenvalue weighted by atomic mass is 9.63. The number of nitrogens with two attached hydrogens (primary N) is 1. The Balaban J connectivity index is 1.08. The van der Waals surface area contributed by atoms with Crippen molar-refractivity contribution in [2.45, 2.75) is 67.5 Å². The van der Waals surface area contributed by atoms with Crippen LogP contribution >= 0.6 is 0 Å². The third-order valence-electron chi connectivity index (χ3n) is 9.85. The van der Waals surface area contributed by atoms with Crippen molar-refractivity contribution in [1.29, 1.82) is 0 Å². The van der Waals surface area contributed by atoms with Gasteiger partial charge in [0.05, 0.1) is 30.4 Å². The molecule has 6 fully saturated rings. The van der Waals surface area contributed by atoms with Crippen LogP contribution in [0.3, 0.4) is 0 Å². The lowest BCUT2D eigenvalue weighted by Gasteiger charge is -2.51. The fraction of sp³-hybridized carbons (Fsp3) is 0.571. The highest BCUT2D eigenvalue weighted by molar-refractivity contribution is 5.99. The van der Waals surface area contributed by atoms with Gasteiger partial charge in [-0.05, 0) is 68.1 Å². The van der Waals surface area contributed by atoms with Crippen LogP contribution in [0.5, 0.6) is 0 Å². The van der Waals surface area contributed by atoms with Gasteiger partial charge in [0.25, 0.3) is 5.91 Å². The van der Waals surface area contributed by atoms with E-state index in [4.69, 9.17) is 10.5 Å². The van der Waals surface area contributed by atoms with E-state index >= 15 is 0 Å². The summed E-state index contributed by atoms with van der Waals surface area (Å²) >= 11 is 0. The van der Waals surface area contributed by atoms with Gasteiger partial charge in [-0.2, -0.15) is 0 Å². The zero-order valence-electron chi connectivity index (χ0n) is 20.1. The van der Waals surface area contributed by atoms with E-state index in [9.17, 15) is 9.90 Å². The van der Waals surface area contributed by atoms with Crippen molar-refractivity contribution >= 4 is 11.7 Å². The van der Waals surface area contributed by atoms with Crippen molar-refractivity contribution in [3.8, 4) is 11.1 Å². The minimum absolute atomic E-state index is 0.161. The molecule has 1 aromatic carbocycles. The number of ether oxygens (including phenoxy) is 1. The molecule has 2 aliphatic heterocycles. The van der Waals surface area contributed by atoms with Crippen molar-refractivity contribution in [2.75, 3.05) is 32.0 Å². The van der Waals surface area contributed by atoms with Gasteiger partial charge in [-0.15, -0.1) is 0 Å². The van der Waals surface area contributed by atoms with Crippen molar-refractivity contribution in [3.63, 3.8) is 0 Å². The minimum Gasteiger partial charge on any atom is -0.390 e. The number of rotatable bonds is 5. The van der Waals surface area contributed by atoms with Crippen molar-refractivity contribution in [1.82, 2.24) is 15.2 Å². The van der Waals surface area contributed by atoms with Crippen molar-refractivity contribution in [3.05, 3.63) is 47.7 Å². The second-order valence-electron chi connectivity index (χ2n) is 11.9. The number of piperidine rings is 1. The smallest absolute Gasteiger partial charge is 0.255 e. The van der Waals surface area contributed by atoms with Crippen molar-refractivity contribution < 1.29 is 14.6 Å². The van der Waals surface area contributed by atoms with Gasteiger partial charge in [-0.25, -0.2) is 4.98 Å². The summed E-state index contributed by atoms with van der Waals surface area (Å²) in [4.78, 5) is 20.2. The number of carbonyl (C=O) groups is 1. The summed E-state index contributed by atoms with van der Waals surface area (Å²) < 4.78 is 5.40. The van der Waals surface area contributed by atoms with Gasteiger partial charge in [0, 0.05) is 35.8 Å². The number of aliphatic hydroxyl groups is 1. The Labute approximate surface area is 206 Å². The number of anilines is 1. The molecule has 6 aliphatic rings. The van der Waals surface area contributed by atoms with Crippen LogP contribution in [0.25, 0.3) is 11.1 Å². The summed E-state index contributed by atoms with van der Waals surface area (Å²) in [6.45, 7) is 4.09. The first-order chi connectivity index (χ1) is 16.9. The van der Waals surface area contributed by atoms with Crippen LogP contribution in [0.2, 0.25) is 0 Å². The van der Waals surface area contributed by atoms with Gasteiger partial charge < -0.3 is 20.9 Å². The van der Waals surface area contributed by atoms with E-state index in [-0.39, 0.29) is 17.3 Å². The molecular weight excluding hydrogens is 440 g/mol. The van der Waals surface area contributed by atoms with Gasteiger partial charge in [0.2, 0.25) is 0 Å². The maximum absolute atomic E-state index is 13.3. The molecule has 184 valence electrons. The van der Waals surface area contributed by atoms with E-state index in [1.165, 1.54) is 18.5 Å². The number of likely N-dealkylation sites (tertiary alicyclic amines) is 1. The van der Waals surface area contributed by atoms with E-state index in [1.807, 2.05) is 6.07 Å². The van der Waals surface area contributed by atoms with Gasteiger partial charge >= 0.3 is 0 Å². The number of benzene rings is 1. The van der Waals surface area contributed by atoms with E-state index in [0.717, 1.165) is 75.3 Å². The lowest BCUT2D eigenvalue weighted by molar-refractivity contribution is -0.0702. The summed E-state index contributed by atoms with van der Waals surface area (Å²) in [5.41, 5.74) is 9.50. The second-order valence-corrected chi connectivity index (χ2v) is 11.9. The van der Waals surface area contributed by atoms with Crippen LogP contribution in [-0.4, -0.2) is 64.4 Å². The molecule has 0 radical (unpaired) electrons. The van der Waals surface area contributed by atoms with Crippen molar-refractivity contribution in [2.24, 2.45) is 5.92 Å². The Morgan fingerprint density at radius 1 is 1.09 bits per heavy atom. The second kappa shape index (κ2) is 7.51. The monoisotopic (exact) mass is 474 g/mol. The Morgan fingerprint density at radius 2 is 1.80 bits per heavy atom. The van der Waals surface area contributed by atoms with Crippen LogP contribution < -0.4 is 11.1 Å². The first-order valence-corrected chi connectivity index (χ1v) is 13.1. The third-order valence-corrected chi connectivity index (χ3v) is 9.85. The molecule has 2 saturated heterocycles. The fourth-order valence-electron chi connectivity index (χ4n) is 7.15. The molecule has 2 unspecified atom stereocenters. The number of amides is 1. The number of aromatic nitrogens is 1. The molecule has 7 heteroatoms. The SMILES string of the molecule is Nc1ncc(-c2ccc(C34CC3CN(C3COC3)C4)cc2)cc1C(=O)NC12CCC(O)(CC1)CC2. The number of nitrogens with one attached hydrogen (secondary N) is 1. The molecule has 4 saturated carbocycles. The number of nitrogens with zero attached hydrogens (tertiary/aromatic N) is 2. The molecule has 3 heterocycles. The molecular formula is C28H34N4O3. The molecule has 4 N–H and O–H groups in total. The molecule has 7 nitrogen and oxygen atoms in total. The minimum atomic E-state index is -0.526. The van der Waals surface area contributed by atoms with Crippen LogP contribution in [0.1, 0.15) is 60.9 Å². The van der Waals surface area contributed by atoms with Crippen LogP contribution in [0.15, 0.2) is 36.5 Å². The predicted molar refractivity (Wildman–Crippen MR) is 133 cm³/mol. The van der Waals surface area contributed by atoms with Gasteiger partial charge in [0.1, 0.15) is 5.82 Å². The van der Waals surface area contributed by atoms with E-state index in [1.54, 1.807) is 6.20 Å². The fourth-order valence-corrected chi connectivity index (χ4v) is 7.15. The zero-order valence-corrected chi connectivity index (χ0v) is 20.1. The highest BCUT2D eigenvalue weighted by Crippen LogP contribution is 2.59. The highest BCUT2D eigenvalue weighted by atomic mass is 16.5. The number of nitrogen functional groups attached to an aromatic ring is 1. The molecule has 35 heavy (non-hydrogen) atoms. The Bertz CT molecular complexity index is 1150. The quantitative estimate of drug-likeness (QED) is 0.616. The van der Waals surface area contributed by atoms with Gasteiger partial charge in [-0.3, -0.25) is 9.69 Å². The molecule has 1 aromatic heterocycles. The summed E-state index contributed by atoms with van der Waals surface area (Å²) in [6.07, 6.45) is 7.75. The van der Waals surface area contributed by atoms with E-state index in [0.29, 0.717) is 17.0 Å². The topological polar surface area (TPSA) is 101 Å². The van der Waals surface area contributed by atoms with Gasteiger partial charge in [-0.1, -0.05) is 24.3 Å². The van der Waals surface area contributed by atoms with Gasteiger partial charge in [0.15, 0.2) is 0 Å². The molecule has 8 rings (SSSR count). The van der Waals surface area contributed by atoms with Crippen LogP contribution in [0.4, 0.5) is 5.82 Å². The lowest BCUT2D eigenvalue weighted by Crippen LogP contribution is -2.58. The predicted octanol–water partition coefficient (Wildman–Crippen LogP) is 2.87. The standard InChI is InChI=1S/C28H34N4O3/c29-24-23(25(33)31-26-5-8-27(34,9-6-26)10-7-26)11-19(13-30-24)18-1-3-20(4-2-18)28-12-21(28)14-32(17-28)22-15-35-16-22/h1-4,11,13,21-22,34H,5-10,12,14-17H2,(H2,29,30)(H,31,33). The largest absolute Gasteiger partial charge is 0.390 e. The Morgan fingerprint density at radius 3 is 2.46 bits per heavy atom. The average molecular weight is 475 g/mol. The number of carbonyl (C=O) groups excluding carboxylic acids is 1. The average Bonchev–Trinajstić information content (AvgIpc) is 3.40.